The highest BCUT2D eigenvalue weighted by Gasteiger charge is 2.35. The smallest absolute Gasteiger partial charge is 0.432 e. The Morgan fingerprint density at radius 2 is 1.94 bits per heavy atom. The Morgan fingerprint density at radius 3 is 2.50 bits per heavy atom. The van der Waals surface area contributed by atoms with Crippen LogP contribution in [0.25, 0.3) is 11.0 Å². The standard InChI is InChI=1S/C10H7BBrF3N2O/c1-18-5-3-2-4-8(17-5)7(12)6(11)9(16-4)10(13,14)15/h2-3H,11H2,1H3. The van der Waals surface area contributed by atoms with E-state index in [1.807, 2.05) is 0 Å². The lowest BCUT2D eigenvalue weighted by Gasteiger charge is -2.13. The number of alkyl halides is 3. The van der Waals surface area contributed by atoms with Gasteiger partial charge in [-0.2, -0.15) is 13.2 Å². The van der Waals surface area contributed by atoms with Crippen molar-refractivity contribution in [2.75, 3.05) is 7.11 Å². The summed E-state index contributed by atoms with van der Waals surface area (Å²) in [6, 6.07) is 2.91. The van der Waals surface area contributed by atoms with Crippen LogP contribution in [0.3, 0.4) is 0 Å². The van der Waals surface area contributed by atoms with Crippen LogP contribution in [0.15, 0.2) is 16.6 Å². The lowest BCUT2D eigenvalue weighted by atomic mass is 9.93. The van der Waals surface area contributed by atoms with Gasteiger partial charge in [0.05, 0.1) is 12.6 Å². The van der Waals surface area contributed by atoms with Gasteiger partial charge in [0.25, 0.3) is 0 Å². The summed E-state index contributed by atoms with van der Waals surface area (Å²) < 4.78 is 43.5. The minimum absolute atomic E-state index is 0.00996. The van der Waals surface area contributed by atoms with Crippen LogP contribution in [0.1, 0.15) is 5.69 Å². The first-order valence-electron chi connectivity index (χ1n) is 4.92. The second-order valence-corrected chi connectivity index (χ2v) is 4.41. The number of rotatable bonds is 1. The molecule has 0 amide bonds. The fourth-order valence-corrected chi connectivity index (χ4v) is 2.04. The van der Waals surface area contributed by atoms with Crippen LogP contribution >= 0.6 is 15.9 Å². The molecule has 0 unspecified atom stereocenters. The van der Waals surface area contributed by atoms with E-state index in [1.54, 1.807) is 0 Å². The third-order valence-electron chi connectivity index (χ3n) is 2.45. The number of ether oxygens (including phenoxy) is 1. The molecule has 0 N–H and O–H groups in total. The van der Waals surface area contributed by atoms with Gasteiger partial charge in [0.2, 0.25) is 5.88 Å². The van der Waals surface area contributed by atoms with E-state index in [0.717, 1.165) is 0 Å². The third-order valence-corrected chi connectivity index (χ3v) is 3.42. The summed E-state index contributed by atoms with van der Waals surface area (Å²) in [7, 11) is 2.78. The Bertz CT molecular complexity index is 618. The van der Waals surface area contributed by atoms with Crippen LogP contribution in [0.2, 0.25) is 0 Å². The van der Waals surface area contributed by atoms with Crippen LogP contribution in [0.4, 0.5) is 13.2 Å². The van der Waals surface area contributed by atoms with Crippen LogP contribution < -0.4 is 10.2 Å². The lowest BCUT2D eigenvalue weighted by Crippen LogP contribution is -2.23. The molecule has 0 fully saturated rings. The molecule has 0 aliphatic heterocycles. The van der Waals surface area contributed by atoms with Crippen molar-refractivity contribution in [3.8, 4) is 5.88 Å². The summed E-state index contributed by atoms with van der Waals surface area (Å²) >= 11 is 3.13. The number of halogens is 4. The molecule has 0 aromatic carbocycles. The van der Waals surface area contributed by atoms with Crippen molar-refractivity contribution < 1.29 is 17.9 Å². The summed E-state index contributed by atoms with van der Waals surface area (Å²) in [5.74, 6) is 0.323. The lowest BCUT2D eigenvalue weighted by molar-refractivity contribution is -0.140. The summed E-state index contributed by atoms with van der Waals surface area (Å²) in [6.45, 7) is 0. The van der Waals surface area contributed by atoms with Crippen molar-refractivity contribution in [3.05, 3.63) is 22.3 Å². The Morgan fingerprint density at radius 1 is 1.28 bits per heavy atom. The van der Waals surface area contributed by atoms with Crippen molar-refractivity contribution in [1.29, 1.82) is 0 Å². The van der Waals surface area contributed by atoms with Gasteiger partial charge in [0.1, 0.15) is 19.1 Å². The predicted molar refractivity (Wildman–Crippen MR) is 67.0 cm³/mol. The van der Waals surface area contributed by atoms with Gasteiger partial charge in [-0.1, -0.05) is 0 Å². The molecule has 0 atom stereocenters. The molecule has 0 radical (unpaired) electrons. The maximum absolute atomic E-state index is 12.8. The van der Waals surface area contributed by atoms with E-state index in [1.165, 1.54) is 27.1 Å². The van der Waals surface area contributed by atoms with Crippen molar-refractivity contribution >= 4 is 40.3 Å². The molecule has 18 heavy (non-hydrogen) atoms. The SMILES string of the molecule is Bc1c(C(F)(F)F)nc2ccc(OC)nc2c1Br. The van der Waals surface area contributed by atoms with Crippen LogP contribution in [0, 0.1) is 0 Å². The van der Waals surface area contributed by atoms with E-state index in [2.05, 4.69) is 25.9 Å². The average Bonchev–Trinajstić information content (AvgIpc) is 2.32. The summed E-state index contributed by atoms with van der Waals surface area (Å²) in [5, 5.41) is 0. The number of nitrogens with zero attached hydrogens (tertiary/aromatic N) is 2. The second kappa shape index (κ2) is 4.42. The molecule has 2 heterocycles. The van der Waals surface area contributed by atoms with Gasteiger partial charge >= 0.3 is 6.18 Å². The third kappa shape index (κ3) is 2.16. The first-order valence-corrected chi connectivity index (χ1v) is 5.72. The Kier molecular flexibility index (Phi) is 3.22. The first-order chi connectivity index (χ1) is 8.34. The Balaban J connectivity index is 2.79. The number of pyridine rings is 2. The molecule has 0 aliphatic carbocycles. The predicted octanol–water partition coefficient (Wildman–Crippen LogP) is 1.68. The fraction of sp³-hybridized carbons (Fsp3) is 0.200. The molecule has 2 rings (SSSR count). The number of hydrogen-bond acceptors (Lipinski definition) is 3. The molecule has 94 valence electrons. The zero-order valence-electron chi connectivity index (χ0n) is 9.47. The zero-order valence-corrected chi connectivity index (χ0v) is 11.1. The fourth-order valence-electron chi connectivity index (χ4n) is 1.56. The second-order valence-electron chi connectivity index (χ2n) is 3.62. The first kappa shape index (κ1) is 13.1. The molecule has 0 aliphatic rings. The highest BCUT2D eigenvalue weighted by molar-refractivity contribution is 9.10. The van der Waals surface area contributed by atoms with E-state index in [4.69, 9.17) is 4.74 Å². The van der Waals surface area contributed by atoms with Gasteiger partial charge in [-0.15, -0.1) is 0 Å². The Labute approximate surface area is 110 Å². The van der Waals surface area contributed by atoms with E-state index in [-0.39, 0.29) is 15.5 Å². The van der Waals surface area contributed by atoms with Gasteiger partial charge in [0, 0.05) is 10.5 Å². The van der Waals surface area contributed by atoms with Crippen molar-refractivity contribution in [2.45, 2.75) is 6.18 Å². The normalized spacial score (nSPS) is 11.8. The molecule has 0 spiro atoms. The van der Waals surface area contributed by atoms with Crippen LogP contribution in [0.5, 0.6) is 5.88 Å². The van der Waals surface area contributed by atoms with E-state index in [9.17, 15) is 13.2 Å². The summed E-state index contributed by atoms with van der Waals surface area (Å²) in [6.07, 6.45) is -4.49. The molecule has 2 aromatic heterocycles. The minimum atomic E-state index is -4.49. The largest absolute Gasteiger partial charge is 0.481 e. The van der Waals surface area contributed by atoms with Gasteiger partial charge in [-0.25, -0.2) is 9.97 Å². The number of hydrogen-bond donors (Lipinski definition) is 0. The molecule has 0 saturated heterocycles. The highest BCUT2D eigenvalue weighted by atomic mass is 79.9. The monoisotopic (exact) mass is 318 g/mol. The maximum Gasteiger partial charge on any atom is 0.432 e. The molecule has 0 saturated carbocycles. The quantitative estimate of drug-likeness (QED) is 0.750. The molecular weight excluding hydrogens is 312 g/mol. The van der Waals surface area contributed by atoms with Crippen molar-refractivity contribution in [2.24, 2.45) is 0 Å². The number of fused-ring (bicyclic) bond motifs is 1. The van der Waals surface area contributed by atoms with Crippen LogP contribution in [-0.2, 0) is 6.18 Å². The number of methoxy groups -OCH3 is 1. The van der Waals surface area contributed by atoms with Gasteiger partial charge in [-0.05, 0) is 27.5 Å². The van der Waals surface area contributed by atoms with E-state index in [0.29, 0.717) is 11.4 Å². The maximum atomic E-state index is 12.8. The topological polar surface area (TPSA) is 35.0 Å². The number of aromatic nitrogens is 2. The Hall–Kier alpha value is -1.31. The average molecular weight is 319 g/mol. The summed E-state index contributed by atoms with van der Waals surface area (Å²) in [5.41, 5.74) is -0.384. The minimum Gasteiger partial charge on any atom is -0.481 e. The highest BCUT2D eigenvalue weighted by Crippen LogP contribution is 2.30. The van der Waals surface area contributed by atoms with E-state index >= 15 is 0 Å². The molecular formula is C10H7BBrF3N2O. The van der Waals surface area contributed by atoms with Crippen molar-refractivity contribution in [1.82, 2.24) is 9.97 Å². The zero-order chi connectivity index (χ0) is 13.5. The van der Waals surface area contributed by atoms with Gasteiger partial charge in [-0.3, -0.25) is 0 Å². The van der Waals surface area contributed by atoms with Gasteiger partial charge < -0.3 is 4.74 Å². The molecule has 0 bridgehead atoms. The van der Waals surface area contributed by atoms with E-state index < -0.39 is 11.9 Å². The molecule has 2 aromatic rings. The summed E-state index contributed by atoms with van der Waals surface area (Å²) in [4.78, 5) is 7.69. The molecule has 3 nitrogen and oxygen atoms in total. The van der Waals surface area contributed by atoms with Crippen LogP contribution in [-0.4, -0.2) is 24.9 Å². The van der Waals surface area contributed by atoms with Gasteiger partial charge in [0.15, 0.2) is 0 Å². The molecule has 8 heteroatoms. The van der Waals surface area contributed by atoms with Crippen molar-refractivity contribution in [3.63, 3.8) is 0 Å².